The Bertz CT molecular complexity index is 973. The predicted octanol–water partition coefficient (Wildman–Crippen LogP) is 4.29. The summed E-state index contributed by atoms with van der Waals surface area (Å²) in [5, 5.41) is 10.4. The number of carbonyl (C=O) groups is 2. The smallest absolute Gasteiger partial charge is 0.325 e. The molecule has 0 saturated carbocycles. The minimum absolute atomic E-state index is 0.0928. The van der Waals surface area contributed by atoms with Crippen molar-refractivity contribution in [3.8, 4) is 5.75 Å². The first-order valence-electron chi connectivity index (χ1n) is 8.55. The third-order valence-electron chi connectivity index (χ3n) is 3.77. The Balaban J connectivity index is 1.56. The number of nitrogens with one attached hydrogen (secondary N) is 3. The maximum Gasteiger partial charge on any atom is 0.325 e. The summed E-state index contributed by atoms with van der Waals surface area (Å²) in [5.41, 5.74) is 2.89. The van der Waals surface area contributed by atoms with Crippen LogP contribution in [0.4, 0.5) is 21.3 Å². The molecule has 0 atom stereocenters. The Morgan fingerprint density at radius 1 is 1.07 bits per heavy atom. The van der Waals surface area contributed by atoms with Crippen LogP contribution in [0.25, 0.3) is 0 Å². The van der Waals surface area contributed by atoms with Crippen molar-refractivity contribution in [3.63, 3.8) is 0 Å². The zero-order chi connectivity index (χ0) is 19.9. The average Bonchev–Trinajstić information content (AvgIpc) is 3.09. The lowest BCUT2D eigenvalue weighted by Gasteiger charge is -2.10. The molecular weight excluding hydrogens is 376 g/mol. The quantitative estimate of drug-likeness (QED) is 0.580. The van der Waals surface area contributed by atoms with Gasteiger partial charge in [0.15, 0.2) is 5.13 Å². The first-order valence-corrected chi connectivity index (χ1v) is 9.43. The molecule has 0 bridgehead atoms. The van der Waals surface area contributed by atoms with E-state index in [1.807, 2.05) is 37.3 Å². The lowest BCUT2D eigenvalue weighted by Crippen LogP contribution is -2.19. The molecule has 0 radical (unpaired) electrons. The highest BCUT2D eigenvalue weighted by Gasteiger charge is 2.12. The number of aromatic nitrogens is 1. The van der Waals surface area contributed by atoms with E-state index in [4.69, 9.17) is 4.74 Å². The van der Waals surface area contributed by atoms with Gasteiger partial charge in [0.25, 0.3) is 0 Å². The number of urea groups is 1. The number of amides is 3. The molecule has 3 rings (SSSR count). The summed E-state index contributed by atoms with van der Waals surface area (Å²) in [6, 6.07) is 14.3. The minimum Gasteiger partial charge on any atom is -0.495 e. The Morgan fingerprint density at radius 2 is 1.86 bits per heavy atom. The number of hydrogen-bond donors (Lipinski definition) is 3. The molecule has 0 aliphatic heterocycles. The molecule has 7 nitrogen and oxygen atoms in total. The molecule has 0 saturated heterocycles. The number of aryl methyl sites for hydroxylation is 1. The molecule has 0 fully saturated rings. The number of thiazole rings is 1. The number of anilines is 3. The normalized spacial score (nSPS) is 10.2. The number of benzene rings is 2. The lowest BCUT2D eigenvalue weighted by atomic mass is 10.2. The highest BCUT2D eigenvalue weighted by molar-refractivity contribution is 7.14. The zero-order valence-corrected chi connectivity index (χ0v) is 16.3. The van der Waals surface area contributed by atoms with Crippen molar-refractivity contribution < 1.29 is 14.3 Å². The number of para-hydroxylation sites is 1. The maximum atomic E-state index is 12.3. The summed E-state index contributed by atoms with van der Waals surface area (Å²) in [5.74, 6) is 0.381. The summed E-state index contributed by atoms with van der Waals surface area (Å²) in [6.45, 7) is 1.94. The Morgan fingerprint density at radius 3 is 2.61 bits per heavy atom. The molecule has 0 aliphatic carbocycles. The van der Waals surface area contributed by atoms with Gasteiger partial charge in [-0.2, -0.15) is 0 Å². The van der Waals surface area contributed by atoms with Crippen LogP contribution >= 0.6 is 11.3 Å². The summed E-state index contributed by atoms with van der Waals surface area (Å²) >= 11 is 1.26. The van der Waals surface area contributed by atoms with Crippen LogP contribution in [0.5, 0.6) is 5.75 Å². The van der Waals surface area contributed by atoms with Gasteiger partial charge in [-0.25, -0.2) is 9.78 Å². The van der Waals surface area contributed by atoms with E-state index in [0.29, 0.717) is 27.9 Å². The predicted molar refractivity (Wildman–Crippen MR) is 111 cm³/mol. The summed E-state index contributed by atoms with van der Waals surface area (Å²) in [6.07, 6.45) is 0.0928. The second-order valence-corrected chi connectivity index (χ2v) is 6.88. The summed E-state index contributed by atoms with van der Waals surface area (Å²) in [4.78, 5) is 28.6. The van der Waals surface area contributed by atoms with E-state index in [0.717, 1.165) is 5.56 Å². The van der Waals surface area contributed by atoms with Crippen LogP contribution < -0.4 is 20.7 Å². The molecular formula is C20H20N4O3S. The number of carbonyl (C=O) groups excluding carboxylic acids is 2. The largest absolute Gasteiger partial charge is 0.495 e. The minimum atomic E-state index is -0.388. The van der Waals surface area contributed by atoms with E-state index >= 15 is 0 Å². The van der Waals surface area contributed by atoms with Crippen molar-refractivity contribution in [1.82, 2.24) is 4.98 Å². The molecule has 8 heteroatoms. The highest BCUT2D eigenvalue weighted by atomic mass is 32.1. The van der Waals surface area contributed by atoms with Crippen molar-refractivity contribution in [1.29, 1.82) is 0 Å². The van der Waals surface area contributed by atoms with Crippen molar-refractivity contribution in [3.05, 3.63) is 65.2 Å². The molecule has 144 valence electrons. The van der Waals surface area contributed by atoms with Crippen LogP contribution in [0.3, 0.4) is 0 Å². The standard InChI is InChI=1S/C20H20N4O3S/c1-13-8-9-17(27-2)16(10-13)23-18(25)11-15-12-28-20(22-15)24-19(26)21-14-6-4-3-5-7-14/h3-10,12H,11H2,1-2H3,(H,23,25)(H2,21,22,24,26). The number of methoxy groups -OCH3 is 1. The van der Waals surface area contributed by atoms with Crippen LogP contribution in [-0.2, 0) is 11.2 Å². The van der Waals surface area contributed by atoms with E-state index < -0.39 is 0 Å². The molecule has 1 aromatic heterocycles. The third-order valence-corrected chi connectivity index (χ3v) is 4.58. The Hall–Kier alpha value is -3.39. The van der Waals surface area contributed by atoms with Crippen molar-refractivity contribution in [2.45, 2.75) is 13.3 Å². The van der Waals surface area contributed by atoms with E-state index in [-0.39, 0.29) is 18.4 Å². The molecule has 3 N–H and O–H groups in total. The van der Waals surface area contributed by atoms with Gasteiger partial charge in [0.1, 0.15) is 5.75 Å². The maximum absolute atomic E-state index is 12.3. The molecule has 0 spiro atoms. The van der Waals surface area contributed by atoms with Gasteiger partial charge >= 0.3 is 6.03 Å². The van der Waals surface area contributed by atoms with Gasteiger partial charge < -0.3 is 15.4 Å². The third kappa shape index (κ3) is 5.31. The van der Waals surface area contributed by atoms with Crippen LogP contribution in [0.2, 0.25) is 0 Å². The van der Waals surface area contributed by atoms with Crippen molar-refractivity contribution >= 4 is 39.8 Å². The van der Waals surface area contributed by atoms with Crippen molar-refractivity contribution in [2.75, 3.05) is 23.1 Å². The van der Waals surface area contributed by atoms with Crippen LogP contribution in [0, 0.1) is 6.92 Å². The lowest BCUT2D eigenvalue weighted by molar-refractivity contribution is -0.115. The van der Waals surface area contributed by atoms with Gasteiger partial charge in [0, 0.05) is 11.1 Å². The summed E-state index contributed by atoms with van der Waals surface area (Å²) < 4.78 is 5.27. The van der Waals surface area contributed by atoms with Gasteiger partial charge in [0.2, 0.25) is 5.91 Å². The molecule has 28 heavy (non-hydrogen) atoms. The van der Waals surface area contributed by atoms with E-state index in [9.17, 15) is 9.59 Å². The molecule has 3 amide bonds. The molecule has 2 aromatic carbocycles. The van der Waals surface area contributed by atoms with E-state index in [1.165, 1.54) is 11.3 Å². The van der Waals surface area contributed by atoms with E-state index in [2.05, 4.69) is 20.9 Å². The first kappa shape index (κ1) is 19.4. The topological polar surface area (TPSA) is 92.4 Å². The van der Waals surface area contributed by atoms with Gasteiger partial charge in [-0.3, -0.25) is 10.1 Å². The van der Waals surface area contributed by atoms with Crippen LogP contribution in [0.15, 0.2) is 53.9 Å². The second kappa shape index (κ2) is 9.01. The molecule has 0 unspecified atom stereocenters. The first-order chi connectivity index (χ1) is 13.5. The fourth-order valence-corrected chi connectivity index (χ4v) is 3.21. The molecule has 3 aromatic rings. The number of hydrogen-bond acceptors (Lipinski definition) is 5. The zero-order valence-electron chi connectivity index (χ0n) is 15.5. The number of nitrogens with zero attached hydrogens (tertiary/aromatic N) is 1. The van der Waals surface area contributed by atoms with Crippen LogP contribution in [0.1, 0.15) is 11.3 Å². The van der Waals surface area contributed by atoms with Gasteiger partial charge in [0.05, 0.1) is 24.9 Å². The average molecular weight is 396 g/mol. The van der Waals surface area contributed by atoms with Gasteiger partial charge in [-0.15, -0.1) is 11.3 Å². The molecule has 1 heterocycles. The highest BCUT2D eigenvalue weighted by Crippen LogP contribution is 2.25. The van der Waals surface area contributed by atoms with Gasteiger partial charge in [-0.05, 0) is 36.8 Å². The van der Waals surface area contributed by atoms with Crippen LogP contribution in [-0.4, -0.2) is 24.0 Å². The Kier molecular flexibility index (Phi) is 6.23. The number of rotatable bonds is 6. The monoisotopic (exact) mass is 396 g/mol. The summed E-state index contributed by atoms with van der Waals surface area (Å²) in [7, 11) is 1.55. The SMILES string of the molecule is COc1ccc(C)cc1NC(=O)Cc1csc(NC(=O)Nc2ccccc2)n1. The second-order valence-electron chi connectivity index (χ2n) is 6.02. The Labute approximate surface area is 166 Å². The molecule has 0 aliphatic rings. The van der Waals surface area contributed by atoms with Gasteiger partial charge in [-0.1, -0.05) is 24.3 Å². The van der Waals surface area contributed by atoms with E-state index in [1.54, 1.807) is 30.7 Å². The fourth-order valence-electron chi connectivity index (χ4n) is 2.50. The van der Waals surface area contributed by atoms with Crippen molar-refractivity contribution in [2.24, 2.45) is 0 Å². The fraction of sp³-hybridized carbons (Fsp3) is 0.150. The number of ether oxygens (including phenoxy) is 1.